The Labute approximate surface area is 289 Å². The molecule has 262 valence electrons. The third kappa shape index (κ3) is 9.67. The molecule has 4 atom stereocenters. The number of hydrogen-bond donors (Lipinski definition) is 3. The highest BCUT2D eigenvalue weighted by molar-refractivity contribution is 5.80. The molecule has 0 spiro atoms. The van der Waals surface area contributed by atoms with Crippen molar-refractivity contribution >= 4 is 12.0 Å². The lowest BCUT2D eigenvalue weighted by molar-refractivity contribution is -0.253. The van der Waals surface area contributed by atoms with Crippen molar-refractivity contribution in [2.45, 2.75) is 76.7 Å². The highest BCUT2D eigenvalue weighted by atomic mass is 16.7. The first-order chi connectivity index (χ1) is 24.0. The first-order valence-corrected chi connectivity index (χ1v) is 17.8. The van der Waals surface area contributed by atoms with E-state index in [1.807, 2.05) is 36.4 Å². The minimum Gasteiger partial charge on any atom is -0.465 e. The average molecular weight is 671 g/mol. The number of amides is 2. The number of carbonyl (C=O) groups excluding carboxylic acids is 2. The van der Waals surface area contributed by atoms with E-state index < -0.39 is 18.3 Å². The summed E-state index contributed by atoms with van der Waals surface area (Å²) >= 11 is 0. The van der Waals surface area contributed by atoms with Crippen LogP contribution in [0.1, 0.15) is 73.7 Å². The molecule has 3 aliphatic rings. The fraction of sp³-hybridized carbons (Fsp3) is 0.487. The Morgan fingerprint density at radius 2 is 1.63 bits per heavy atom. The Morgan fingerprint density at radius 3 is 2.39 bits per heavy atom. The van der Waals surface area contributed by atoms with Gasteiger partial charge in [-0.1, -0.05) is 66.7 Å². The molecular weight excluding hydrogens is 620 g/mol. The summed E-state index contributed by atoms with van der Waals surface area (Å²) in [6, 6.07) is 24.6. The highest BCUT2D eigenvalue weighted by Crippen LogP contribution is 2.39. The summed E-state index contributed by atoms with van der Waals surface area (Å²) in [5.41, 5.74) is 5.97. The quantitative estimate of drug-likeness (QED) is 0.210. The molecule has 0 saturated carbocycles. The monoisotopic (exact) mass is 670 g/mol. The van der Waals surface area contributed by atoms with Crippen LogP contribution in [0.15, 0.2) is 72.8 Å². The maximum atomic E-state index is 12.1. The topological polar surface area (TPSA) is 113 Å². The average Bonchev–Trinajstić information content (AvgIpc) is 3.82. The first kappa shape index (κ1) is 35.0. The number of aliphatic hydroxyl groups is 1. The lowest BCUT2D eigenvalue weighted by Crippen LogP contribution is -2.45. The van der Waals surface area contributed by atoms with Crippen LogP contribution in [-0.4, -0.2) is 84.9 Å². The summed E-state index contributed by atoms with van der Waals surface area (Å²) in [7, 11) is 0. The zero-order valence-corrected chi connectivity index (χ0v) is 28.5. The molecule has 3 heterocycles. The van der Waals surface area contributed by atoms with Crippen molar-refractivity contribution in [2.75, 3.05) is 45.9 Å². The van der Waals surface area contributed by atoms with Gasteiger partial charge in [0.2, 0.25) is 0 Å². The van der Waals surface area contributed by atoms with E-state index in [0.29, 0.717) is 12.6 Å². The number of carbonyl (C=O) groups is 2. The predicted molar refractivity (Wildman–Crippen MR) is 187 cm³/mol. The summed E-state index contributed by atoms with van der Waals surface area (Å²) in [4.78, 5) is 28.9. The number of benzene rings is 3. The number of aliphatic hydroxyl groups excluding tert-OH is 1. The van der Waals surface area contributed by atoms with E-state index in [1.54, 1.807) is 6.92 Å². The van der Waals surface area contributed by atoms with Gasteiger partial charge < -0.3 is 34.9 Å². The standard InChI is InChI=1S/C39H50N4O6/c1-2-47-37(45)24-41-39(46)40-23-29-7-5-8-33(21-29)30-14-16-32(17-15-30)38-48-35(22-36(49-38)31-12-10-28(27-44)11-13-31)26-43-20-6-9-34(43)25-42-18-3-4-19-42/h5,7-8,10-17,21,34-36,38,44H,2-4,6,9,18-20,22-27H2,1H3,(H2,40,41,46). The van der Waals surface area contributed by atoms with E-state index in [2.05, 4.69) is 56.8 Å². The molecule has 2 amide bonds. The van der Waals surface area contributed by atoms with Gasteiger partial charge in [-0.05, 0) is 86.1 Å². The number of urea groups is 1. The number of ether oxygens (including phenoxy) is 3. The third-order valence-electron chi connectivity index (χ3n) is 9.81. The Kier molecular flexibility index (Phi) is 12.3. The molecule has 49 heavy (non-hydrogen) atoms. The van der Waals surface area contributed by atoms with Crippen molar-refractivity contribution in [3.8, 4) is 11.1 Å². The molecule has 3 N–H and O–H groups in total. The number of esters is 1. The first-order valence-electron chi connectivity index (χ1n) is 17.8. The minimum absolute atomic E-state index is 0.0196. The Hall–Kier alpha value is -3.80. The van der Waals surface area contributed by atoms with Gasteiger partial charge in [-0.3, -0.25) is 9.69 Å². The van der Waals surface area contributed by atoms with E-state index >= 15 is 0 Å². The van der Waals surface area contributed by atoms with Crippen molar-refractivity contribution in [3.05, 3.63) is 95.1 Å². The van der Waals surface area contributed by atoms with Crippen LogP contribution in [0, 0.1) is 0 Å². The minimum atomic E-state index is -0.501. The van der Waals surface area contributed by atoms with Gasteiger partial charge in [0, 0.05) is 37.7 Å². The molecule has 0 radical (unpaired) electrons. The predicted octanol–water partition coefficient (Wildman–Crippen LogP) is 5.31. The zero-order valence-electron chi connectivity index (χ0n) is 28.5. The van der Waals surface area contributed by atoms with E-state index in [4.69, 9.17) is 14.2 Å². The Balaban J connectivity index is 1.12. The lowest BCUT2D eigenvalue weighted by Gasteiger charge is -2.39. The SMILES string of the molecule is CCOC(=O)CNC(=O)NCc1cccc(-c2ccc(C3OC(CN4CCCC4CN4CCCC4)CC(c4ccc(CO)cc4)O3)cc2)c1. The maximum absolute atomic E-state index is 12.1. The molecular formula is C39H50N4O6. The fourth-order valence-corrected chi connectivity index (χ4v) is 7.20. The molecule has 10 heteroatoms. The van der Waals surface area contributed by atoms with Gasteiger partial charge in [-0.15, -0.1) is 0 Å². The number of nitrogens with zero attached hydrogens (tertiary/aromatic N) is 2. The summed E-state index contributed by atoms with van der Waals surface area (Å²) in [5.74, 6) is -0.469. The lowest BCUT2D eigenvalue weighted by atomic mass is 9.98. The molecule has 0 bridgehead atoms. The van der Waals surface area contributed by atoms with E-state index in [0.717, 1.165) is 59.4 Å². The van der Waals surface area contributed by atoms with Crippen LogP contribution >= 0.6 is 0 Å². The largest absolute Gasteiger partial charge is 0.465 e. The van der Waals surface area contributed by atoms with Crippen LogP contribution < -0.4 is 10.6 Å². The second kappa shape index (κ2) is 17.2. The summed E-state index contributed by atoms with van der Waals surface area (Å²) in [6.07, 6.45) is 5.30. The normalized spacial score (nSPS) is 23.0. The van der Waals surface area contributed by atoms with Crippen molar-refractivity contribution < 1.29 is 28.9 Å². The van der Waals surface area contributed by atoms with Gasteiger partial charge in [0.15, 0.2) is 6.29 Å². The van der Waals surface area contributed by atoms with Crippen LogP contribution in [0.5, 0.6) is 0 Å². The number of hydrogen-bond acceptors (Lipinski definition) is 8. The molecule has 3 fully saturated rings. The number of nitrogens with one attached hydrogen (secondary N) is 2. The fourth-order valence-electron chi connectivity index (χ4n) is 7.20. The summed E-state index contributed by atoms with van der Waals surface area (Å²) < 4.78 is 18.2. The van der Waals surface area contributed by atoms with Gasteiger partial charge in [0.05, 0.1) is 25.4 Å². The highest BCUT2D eigenvalue weighted by Gasteiger charge is 2.36. The number of rotatable bonds is 13. The number of likely N-dealkylation sites (tertiary alicyclic amines) is 2. The molecule has 4 unspecified atom stereocenters. The molecule has 0 aromatic heterocycles. The van der Waals surface area contributed by atoms with Crippen LogP contribution in [0.25, 0.3) is 11.1 Å². The second-order valence-corrected chi connectivity index (χ2v) is 13.3. The van der Waals surface area contributed by atoms with E-state index in [9.17, 15) is 14.7 Å². The van der Waals surface area contributed by atoms with Crippen LogP contribution in [0.3, 0.4) is 0 Å². The van der Waals surface area contributed by atoms with Gasteiger partial charge >= 0.3 is 12.0 Å². The van der Waals surface area contributed by atoms with Crippen molar-refractivity contribution in [2.24, 2.45) is 0 Å². The molecule has 0 aliphatic carbocycles. The molecule has 6 rings (SSSR count). The Bertz CT molecular complexity index is 1510. The van der Waals surface area contributed by atoms with Crippen molar-refractivity contribution in [1.29, 1.82) is 0 Å². The van der Waals surface area contributed by atoms with Gasteiger partial charge in [-0.25, -0.2) is 4.79 Å². The van der Waals surface area contributed by atoms with E-state index in [-0.39, 0.29) is 32.0 Å². The van der Waals surface area contributed by atoms with Gasteiger partial charge in [0.25, 0.3) is 0 Å². The summed E-state index contributed by atoms with van der Waals surface area (Å²) in [5, 5.41) is 14.9. The zero-order chi connectivity index (χ0) is 34.0. The molecule has 3 aromatic carbocycles. The van der Waals surface area contributed by atoms with Crippen LogP contribution in [0.2, 0.25) is 0 Å². The third-order valence-corrected chi connectivity index (χ3v) is 9.81. The van der Waals surface area contributed by atoms with Crippen LogP contribution in [0.4, 0.5) is 4.79 Å². The van der Waals surface area contributed by atoms with Crippen LogP contribution in [-0.2, 0) is 32.2 Å². The molecule has 3 saturated heterocycles. The van der Waals surface area contributed by atoms with Gasteiger partial charge in [0.1, 0.15) is 6.54 Å². The molecule has 10 nitrogen and oxygen atoms in total. The molecule has 3 aliphatic heterocycles. The van der Waals surface area contributed by atoms with Crippen molar-refractivity contribution in [1.82, 2.24) is 20.4 Å². The Morgan fingerprint density at radius 1 is 0.857 bits per heavy atom. The molecule has 3 aromatic rings. The second-order valence-electron chi connectivity index (χ2n) is 13.3. The smallest absolute Gasteiger partial charge is 0.325 e. The maximum Gasteiger partial charge on any atom is 0.325 e. The van der Waals surface area contributed by atoms with E-state index in [1.165, 1.54) is 38.8 Å². The van der Waals surface area contributed by atoms with Gasteiger partial charge in [-0.2, -0.15) is 0 Å². The van der Waals surface area contributed by atoms with Crippen molar-refractivity contribution in [3.63, 3.8) is 0 Å². The summed E-state index contributed by atoms with van der Waals surface area (Å²) in [6.45, 7) is 7.77.